The summed E-state index contributed by atoms with van der Waals surface area (Å²) in [6.45, 7) is 0. The number of carbonyl (C=O) groups is 1. The number of nitriles is 1. The van der Waals surface area contributed by atoms with Crippen molar-refractivity contribution in [1.82, 2.24) is 5.32 Å². The molecule has 0 radical (unpaired) electrons. The molecule has 1 aliphatic rings. The van der Waals surface area contributed by atoms with Gasteiger partial charge in [-0.3, -0.25) is 4.79 Å². The number of thiophene rings is 1. The fourth-order valence-corrected chi connectivity index (χ4v) is 3.57. The van der Waals surface area contributed by atoms with Gasteiger partial charge in [-0.1, -0.05) is 19.3 Å². The lowest BCUT2D eigenvalue weighted by Crippen LogP contribution is -2.36. The van der Waals surface area contributed by atoms with Crippen LogP contribution in [0.2, 0.25) is 0 Å². The summed E-state index contributed by atoms with van der Waals surface area (Å²) in [5.74, 6) is -0.251. The van der Waals surface area contributed by atoms with Gasteiger partial charge in [-0.25, -0.2) is 0 Å². The van der Waals surface area contributed by atoms with Crippen LogP contribution in [0.25, 0.3) is 6.08 Å². The maximum Gasteiger partial charge on any atom is 0.262 e. The summed E-state index contributed by atoms with van der Waals surface area (Å²) >= 11 is 4.87. The summed E-state index contributed by atoms with van der Waals surface area (Å²) < 4.78 is 0.990. The van der Waals surface area contributed by atoms with E-state index in [1.165, 1.54) is 17.8 Å². The maximum absolute atomic E-state index is 12.0. The van der Waals surface area contributed by atoms with Crippen molar-refractivity contribution in [1.29, 1.82) is 5.26 Å². The number of nitrogens with one attached hydrogen (secondary N) is 1. The molecule has 19 heavy (non-hydrogen) atoms. The van der Waals surface area contributed by atoms with Crippen LogP contribution >= 0.6 is 27.3 Å². The first-order valence-corrected chi connectivity index (χ1v) is 7.98. The van der Waals surface area contributed by atoms with Crippen LogP contribution in [0, 0.1) is 11.3 Å². The summed E-state index contributed by atoms with van der Waals surface area (Å²) in [6, 6.07) is 6.02. The van der Waals surface area contributed by atoms with Crippen LogP contribution in [-0.4, -0.2) is 11.9 Å². The highest BCUT2D eigenvalue weighted by atomic mass is 79.9. The van der Waals surface area contributed by atoms with Gasteiger partial charge in [0.25, 0.3) is 5.91 Å². The molecule has 5 heteroatoms. The molecule has 1 aromatic rings. The number of amides is 1. The Labute approximate surface area is 125 Å². The predicted molar refractivity (Wildman–Crippen MR) is 80.6 cm³/mol. The third-order valence-corrected chi connectivity index (χ3v) is 4.76. The molecule has 1 aromatic heterocycles. The highest BCUT2D eigenvalue weighted by Gasteiger charge is 2.18. The fourth-order valence-electron chi connectivity index (χ4n) is 2.21. The smallest absolute Gasteiger partial charge is 0.262 e. The molecule has 100 valence electrons. The molecular formula is C14H15BrN2OS. The third kappa shape index (κ3) is 4.19. The lowest BCUT2D eigenvalue weighted by atomic mass is 9.95. The highest BCUT2D eigenvalue weighted by molar-refractivity contribution is 9.11. The Morgan fingerprint density at radius 2 is 2.16 bits per heavy atom. The Balaban J connectivity index is 2.02. The van der Waals surface area contributed by atoms with E-state index in [1.54, 1.807) is 6.08 Å². The second-order valence-corrected chi connectivity index (χ2v) is 7.11. The molecular weight excluding hydrogens is 324 g/mol. The van der Waals surface area contributed by atoms with Crippen molar-refractivity contribution in [3.05, 3.63) is 26.4 Å². The Morgan fingerprint density at radius 1 is 1.42 bits per heavy atom. The minimum atomic E-state index is -0.251. The van der Waals surface area contributed by atoms with E-state index >= 15 is 0 Å². The van der Waals surface area contributed by atoms with E-state index in [2.05, 4.69) is 21.2 Å². The summed E-state index contributed by atoms with van der Waals surface area (Å²) in [5.41, 5.74) is 0.180. The predicted octanol–water partition coefficient (Wildman–Crippen LogP) is 3.87. The number of nitrogens with zero attached hydrogens (tertiary/aromatic N) is 1. The fraction of sp³-hybridized carbons (Fsp3) is 0.429. The first-order chi connectivity index (χ1) is 9.19. The van der Waals surface area contributed by atoms with Crippen LogP contribution < -0.4 is 5.32 Å². The highest BCUT2D eigenvalue weighted by Crippen LogP contribution is 2.24. The molecule has 0 aliphatic heterocycles. The van der Waals surface area contributed by atoms with Gasteiger partial charge in [0.15, 0.2) is 0 Å². The second-order valence-electron chi connectivity index (χ2n) is 4.62. The largest absolute Gasteiger partial charge is 0.349 e. The van der Waals surface area contributed by atoms with Gasteiger partial charge in [-0.15, -0.1) is 11.3 Å². The number of carbonyl (C=O) groups excluding carboxylic acids is 1. The van der Waals surface area contributed by atoms with Crippen molar-refractivity contribution in [3.8, 4) is 6.07 Å². The summed E-state index contributed by atoms with van der Waals surface area (Å²) in [4.78, 5) is 12.9. The topological polar surface area (TPSA) is 52.9 Å². The van der Waals surface area contributed by atoms with Gasteiger partial charge in [0.05, 0.1) is 3.79 Å². The molecule has 1 fully saturated rings. The Morgan fingerprint density at radius 3 is 2.74 bits per heavy atom. The van der Waals surface area contributed by atoms with Crippen molar-refractivity contribution in [2.24, 2.45) is 0 Å². The van der Waals surface area contributed by atoms with Crippen LogP contribution in [0.3, 0.4) is 0 Å². The van der Waals surface area contributed by atoms with E-state index < -0.39 is 0 Å². The lowest BCUT2D eigenvalue weighted by Gasteiger charge is -2.22. The molecule has 1 aliphatic carbocycles. The number of hydrogen-bond donors (Lipinski definition) is 1. The molecule has 0 atom stereocenters. The van der Waals surface area contributed by atoms with E-state index in [1.807, 2.05) is 18.2 Å². The van der Waals surface area contributed by atoms with Gasteiger partial charge in [0.1, 0.15) is 11.6 Å². The molecule has 1 amide bonds. The lowest BCUT2D eigenvalue weighted by molar-refractivity contribution is -0.117. The molecule has 2 rings (SSSR count). The van der Waals surface area contributed by atoms with Crippen LogP contribution in [-0.2, 0) is 4.79 Å². The van der Waals surface area contributed by atoms with E-state index in [-0.39, 0.29) is 17.5 Å². The third-order valence-electron chi connectivity index (χ3n) is 3.19. The Bertz CT molecular complexity index is 524. The molecule has 1 saturated carbocycles. The minimum Gasteiger partial charge on any atom is -0.349 e. The van der Waals surface area contributed by atoms with Crippen molar-refractivity contribution in [3.63, 3.8) is 0 Å². The molecule has 0 saturated heterocycles. The van der Waals surface area contributed by atoms with E-state index in [0.29, 0.717) is 0 Å². The number of rotatable bonds is 3. The van der Waals surface area contributed by atoms with Crippen molar-refractivity contribution in [2.45, 2.75) is 38.1 Å². The van der Waals surface area contributed by atoms with Gasteiger partial charge >= 0.3 is 0 Å². The Hall–Kier alpha value is -1.12. The number of halogens is 1. The van der Waals surface area contributed by atoms with Crippen LogP contribution in [0.15, 0.2) is 21.5 Å². The molecule has 0 bridgehead atoms. The molecule has 3 nitrogen and oxygen atoms in total. The molecule has 1 N–H and O–H groups in total. The van der Waals surface area contributed by atoms with E-state index in [0.717, 1.165) is 34.3 Å². The van der Waals surface area contributed by atoms with Gasteiger partial charge in [-0.2, -0.15) is 5.26 Å². The van der Waals surface area contributed by atoms with Gasteiger partial charge in [-0.05, 0) is 47.0 Å². The normalized spacial score (nSPS) is 16.9. The van der Waals surface area contributed by atoms with Crippen molar-refractivity contribution < 1.29 is 4.79 Å². The molecule has 1 heterocycles. The minimum absolute atomic E-state index is 0.180. The summed E-state index contributed by atoms with van der Waals surface area (Å²) in [6.07, 6.45) is 7.26. The summed E-state index contributed by atoms with van der Waals surface area (Å²) in [5, 5.41) is 12.1. The molecule has 0 unspecified atom stereocenters. The first kappa shape index (κ1) is 14.3. The van der Waals surface area contributed by atoms with E-state index in [9.17, 15) is 4.79 Å². The van der Waals surface area contributed by atoms with Crippen LogP contribution in [0.4, 0.5) is 0 Å². The average molecular weight is 339 g/mol. The van der Waals surface area contributed by atoms with Gasteiger partial charge < -0.3 is 5.32 Å². The average Bonchev–Trinajstić information content (AvgIpc) is 2.82. The van der Waals surface area contributed by atoms with Crippen LogP contribution in [0.1, 0.15) is 37.0 Å². The van der Waals surface area contributed by atoms with Crippen molar-refractivity contribution in [2.75, 3.05) is 0 Å². The maximum atomic E-state index is 12.0. The molecule has 0 aromatic carbocycles. The summed E-state index contributed by atoms with van der Waals surface area (Å²) in [7, 11) is 0. The zero-order valence-electron chi connectivity index (χ0n) is 10.5. The second kappa shape index (κ2) is 6.88. The Kier molecular flexibility index (Phi) is 5.17. The zero-order valence-corrected chi connectivity index (χ0v) is 12.9. The van der Waals surface area contributed by atoms with Crippen LogP contribution in [0.5, 0.6) is 0 Å². The van der Waals surface area contributed by atoms with Crippen molar-refractivity contribution >= 4 is 39.2 Å². The SMILES string of the molecule is N#C/C(=C\c1ccc(Br)s1)C(=O)NC1CCCCC1. The zero-order chi connectivity index (χ0) is 13.7. The van der Waals surface area contributed by atoms with Gasteiger partial charge in [0, 0.05) is 10.9 Å². The quantitative estimate of drug-likeness (QED) is 0.671. The number of hydrogen-bond acceptors (Lipinski definition) is 3. The first-order valence-electron chi connectivity index (χ1n) is 6.37. The van der Waals surface area contributed by atoms with Gasteiger partial charge in [0.2, 0.25) is 0 Å². The monoisotopic (exact) mass is 338 g/mol. The standard InChI is InChI=1S/C14H15BrN2OS/c15-13-7-6-12(19-13)8-10(9-16)14(18)17-11-4-2-1-3-5-11/h6-8,11H,1-5H2,(H,17,18)/b10-8+. The molecule has 0 spiro atoms. The van der Waals surface area contributed by atoms with E-state index in [4.69, 9.17) is 5.26 Å².